The Morgan fingerprint density at radius 3 is 0.757 bits per heavy atom. The van der Waals surface area contributed by atoms with Crippen LogP contribution in [0.25, 0.3) is 0 Å². The van der Waals surface area contributed by atoms with Crippen LogP contribution in [0.3, 0.4) is 0 Å². The largest absolute Gasteiger partial charge is 0.493 e. The zero-order valence-corrected chi connectivity index (χ0v) is 65.6. The highest BCUT2D eigenvalue weighted by atomic mass is 32.2. The van der Waals surface area contributed by atoms with Gasteiger partial charge in [-0.05, 0) is 200 Å². The summed E-state index contributed by atoms with van der Waals surface area (Å²) in [7, 11) is 0. The topological polar surface area (TPSA) is 68.3 Å². The first-order valence-electron chi connectivity index (χ1n) is 37.9. The molecular weight excluding hydrogens is 1440 g/mol. The number of benzene rings is 11. The average Bonchev–Trinajstić information content (AvgIpc) is 0.796. The van der Waals surface area contributed by atoms with E-state index in [1.165, 1.54) is 136 Å². The van der Waals surface area contributed by atoms with Gasteiger partial charge >= 0.3 is 0 Å². The van der Waals surface area contributed by atoms with Crippen LogP contribution in [0.4, 0.5) is 45.5 Å². The molecule has 0 aromatic heterocycles. The van der Waals surface area contributed by atoms with Gasteiger partial charge in [-0.1, -0.05) is 183 Å². The normalized spacial score (nSPS) is 12.9. The van der Waals surface area contributed by atoms with Gasteiger partial charge in [0.2, 0.25) is 0 Å². The van der Waals surface area contributed by atoms with Gasteiger partial charge < -0.3 is 48.0 Å². The van der Waals surface area contributed by atoms with Crippen LogP contribution in [0.1, 0.15) is 93.7 Å². The van der Waals surface area contributed by atoms with Crippen molar-refractivity contribution < 1.29 is 28.4 Å². The molecule has 0 N–H and O–H groups in total. The number of thioether (sulfide) groups is 1. The number of hydrogen-bond acceptors (Lipinski definition) is 16. The van der Waals surface area contributed by atoms with Gasteiger partial charge in [0.1, 0.15) is 47.7 Å². The molecule has 548 valence electrons. The number of para-hydroxylation sites is 8. The van der Waals surface area contributed by atoms with E-state index in [4.69, 9.17) is 28.4 Å². The molecular formula is C91H92N4O6S6. The number of ether oxygens (including phenoxy) is 6. The Morgan fingerprint density at radius 1 is 0.252 bits per heavy atom. The lowest BCUT2D eigenvalue weighted by atomic mass is 10.1. The fraction of sp³-hybridized carbons (Fsp3) is 0.275. The maximum atomic E-state index is 6.93. The molecule has 0 saturated heterocycles. The van der Waals surface area contributed by atoms with Crippen LogP contribution in [0.5, 0.6) is 34.5 Å². The Morgan fingerprint density at radius 2 is 0.486 bits per heavy atom. The van der Waals surface area contributed by atoms with E-state index in [2.05, 4.69) is 263 Å². The van der Waals surface area contributed by atoms with E-state index in [0.29, 0.717) is 39.6 Å². The molecule has 0 aliphatic carbocycles. The minimum Gasteiger partial charge on any atom is -0.493 e. The van der Waals surface area contributed by atoms with E-state index in [-0.39, 0.29) is 0 Å². The highest BCUT2D eigenvalue weighted by molar-refractivity contribution is 8.00. The second-order valence-electron chi connectivity index (χ2n) is 27.2. The van der Waals surface area contributed by atoms with Crippen molar-refractivity contribution in [1.29, 1.82) is 0 Å². The molecule has 4 aliphatic rings. The highest BCUT2D eigenvalue weighted by Crippen LogP contribution is 2.52. The predicted molar refractivity (Wildman–Crippen MR) is 451 cm³/mol. The smallest absolute Gasteiger partial charge is 0.123 e. The van der Waals surface area contributed by atoms with Crippen LogP contribution in [-0.4, -0.2) is 64.1 Å². The maximum absolute atomic E-state index is 6.93. The summed E-state index contributed by atoms with van der Waals surface area (Å²) in [5, 5.41) is 0. The van der Waals surface area contributed by atoms with E-state index in [1.54, 1.807) is 0 Å². The summed E-state index contributed by atoms with van der Waals surface area (Å²) in [5.74, 6) is 7.39. The zero-order valence-electron chi connectivity index (χ0n) is 60.6. The number of nitrogens with zero attached hydrogens (tertiary/aromatic N) is 4. The number of anilines is 8. The predicted octanol–water partition coefficient (Wildman–Crippen LogP) is 25.4. The molecule has 15 rings (SSSR count). The zero-order chi connectivity index (χ0) is 72.2. The fourth-order valence-corrected chi connectivity index (χ4v) is 19.8. The number of rotatable bonds is 38. The van der Waals surface area contributed by atoms with Gasteiger partial charge in [0.05, 0.1) is 71.9 Å². The van der Waals surface area contributed by atoms with Crippen LogP contribution in [0, 0.1) is 0 Å². The standard InChI is InChI=1S/C91H92N4O6S6/c102-53-23-5-3-1-2-4-6-24-54-103-66-69-59-74(100-64-67-55-70(96-49-25-45-92-76-29-7-15-37-84(76)104-85-38-16-8-30-77(85)92)61-71(56-67)97-50-26-46-93-78-31-9-17-39-86(78)105-87-40-18-10-32-79(87)93)63-75(60-69)101-65-68-57-72(98-51-27-47-94-80-33-11-19-41-88(80)106-89-42-20-12-34-81(89)94)62-73(58-68)99-52-28-48-95-82-35-13-21-43-90(82)107-91-44-22-14-36-83(91)95/h7-22,29-44,55-63,102H,1-6,23-28,45-54,64-66H2. The SMILES string of the molecule is SCCCCCCCCCCSCc1cc(OCc2cc(OCCCN3c4ccccc4Sc4ccccc43)cc(OCCCN3c4ccccc4Sc4ccccc43)c2)cc(OCc2cc(OCCCN3c4ccccc4Sc4ccccc43)cc(OCCCN3c4ccccc4Sc4ccccc43)c2)c1. The monoisotopic (exact) mass is 1530 g/mol. The molecule has 0 unspecified atom stereocenters. The second kappa shape index (κ2) is 37.6. The van der Waals surface area contributed by atoms with Crippen LogP contribution >= 0.6 is 71.4 Å². The van der Waals surface area contributed by atoms with Crippen LogP contribution < -0.4 is 48.0 Å². The third-order valence-corrected chi connectivity index (χ3v) is 25.4. The summed E-state index contributed by atoms with van der Waals surface area (Å²) in [6.45, 7) is 5.91. The molecule has 11 aromatic carbocycles. The lowest BCUT2D eigenvalue weighted by Gasteiger charge is -2.32. The number of thiol groups is 1. The van der Waals surface area contributed by atoms with Gasteiger partial charge in [-0.15, -0.1) is 0 Å². The number of hydrogen-bond donors (Lipinski definition) is 1. The summed E-state index contributed by atoms with van der Waals surface area (Å²) in [6, 6.07) is 88.5. The molecule has 107 heavy (non-hydrogen) atoms. The first-order chi connectivity index (χ1) is 53.0. The summed E-state index contributed by atoms with van der Waals surface area (Å²) in [5.41, 5.74) is 12.9. The van der Waals surface area contributed by atoms with E-state index >= 15 is 0 Å². The van der Waals surface area contributed by atoms with E-state index < -0.39 is 0 Å². The van der Waals surface area contributed by atoms with Crippen molar-refractivity contribution in [2.24, 2.45) is 0 Å². The van der Waals surface area contributed by atoms with Gasteiger partial charge in [0, 0.05) is 89.3 Å². The summed E-state index contributed by atoms with van der Waals surface area (Å²) in [4.78, 5) is 19.9. The summed E-state index contributed by atoms with van der Waals surface area (Å²) >= 11 is 13.7. The van der Waals surface area contributed by atoms with Crippen molar-refractivity contribution >= 4 is 117 Å². The van der Waals surface area contributed by atoms with Crippen molar-refractivity contribution in [3.63, 3.8) is 0 Å². The van der Waals surface area contributed by atoms with Gasteiger partial charge in [0.25, 0.3) is 0 Å². The highest BCUT2D eigenvalue weighted by Gasteiger charge is 2.27. The second-order valence-corrected chi connectivity index (χ2v) is 33.1. The van der Waals surface area contributed by atoms with Crippen molar-refractivity contribution in [1.82, 2.24) is 0 Å². The Labute approximate surface area is 659 Å². The third kappa shape index (κ3) is 19.3. The van der Waals surface area contributed by atoms with E-state index in [0.717, 1.165) is 120 Å². The van der Waals surface area contributed by atoms with Crippen molar-refractivity contribution in [2.75, 3.05) is 83.7 Å². The molecule has 10 nitrogen and oxygen atoms in total. The molecule has 0 saturated carbocycles. The Kier molecular flexibility index (Phi) is 26.0. The maximum Gasteiger partial charge on any atom is 0.123 e. The van der Waals surface area contributed by atoms with E-state index in [9.17, 15) is 0 Å². The lowest BCUT2D eigenvalue weighted by molar-refractivity contribution is 0.279. The van der Waals surface area contributed by atoms with Crippen molar-refractivity contribution in [3.05, 3.63) is 265 Å². The Hall–Kier alpha value is -8.48. The summed E-state index contributed by atoms with van der Waals surface area (Å²) < 4.78 is 40.8. The van der Waals surface area contributed by atoms with Crippen LogP contribution in [0.2, 0.25) is 0 Å². The Bertz CT molecular complexity index is 4060. The van der Waals surface area contributed by atoms with Crippen LogP contribution in [0.15, 0.2) is 288 Å². The molecule has 4 aliphatic heterocycles. The molecule has 0 bridgehead atoms. The first kappa shape index (κ1) is 74.0. The van der Waals surface area contributed by atoms with Gasteiger partial charge in [0.15, 0.2) is 0 Å². The molecule has 0 fully saturated rings. The van der Waals surface area contributed by atoms with Crippen molar-refractivity contribution in [2.45, 2.75) is 135 Å². The first-order valence-corrected chi connectivity index (χ1v) is 43.0. The molecule has 0 spiro atoms. The minimum absolute atomic E-state index is 0.293. The fourth-order valence-electron chi connectivity index (χ4n) is 14.3. The molecule has 0 radical (unpaired) electrons. The Balaban J connectivity index is 0.656. The van der Waals surface area contributed by atoms with E-state index in [1.807, 2.05) is 77.0 Å². The average molecular weight is 1530 g/mol. The quantitative estimate of drug-likeness (QED) is 0.0295. The van der Waals surface area contributed by atoms with Gasteiger partial charge in [-0.3, -0.25) is 0 Å². The summed E-state index contributed by atoms with van der Waals surface area (Å²) in [6.07, 6.45) is 13.4. The molecule has 4 heterocycles. The van der Waals surface area contributed by atoms with Gasteiger partial charge in [-0.25, -0.2) is 0 Å². The molecule has 0 atom stereocenters. The lowest BCUT2D eigenvalue weighted by Crippen LogP contribution is -2.23. The van der Waals surface area contributed by atoms with Crippen LogP contribution in [-0.2, 0) is 19.0 Å². The number of unbranched alkanes of at least 4 members (excludes halogenated alkanes) is 7. The van der Waals surface area contributed by atoms with Crippen molar-refractivity contribution in [3.8, 4) is 34.5 Å². The molecule has 11 aromatic rings. The molecule has 0 amide bonds. The minimum atomic E-state index is 0.293. The third-order valence-electron chi connectivity index (χ3n) is 19.4. The number of fused-ring (bicyclic) bond motifs is 8. The van der Waals surface area contributed by atoms with Gasteiger partial charge in [-0.2, -0.15) is 24.4 Å². The molecule has 16 heteroatoms.